The van der Waals surface area contributed by atoms with Gasteiger partial charge in [0.05, 0.1) is 0 Å². The Labute approximate surface area is 78.4 Å². The Morgan fingerprint density at radius 2 is 1.42 bits per heavy atom. The summed E-state index contributed by atoms with van der Waals surface area (Å²) in [7, 11) is 0. The lowest BCUT2D eigenvalue weighted by molar-refractivity contribution is 1.11. The van der Waals surface area contributed by atoms with Gasteiger partial charge in [0.15, 0.2) is 0 Å². The Balaban J connectivity index is -0.000000270. The fourth-order valence-corrected chi connectivity index (χ4v) is 1.10. The second-order valence-corrected chi connectivity index (χ2v) is 2.97. The maximum Gasteiger partial charge on any atom is 0.0406 e. The van der Waals surface area contributed by atoms with Crippen molar-refractivity contribution in [2.24, 2.45) is 0 Å². The van der Waals surface area contributed by atoms with E-state index in [1.807, 2.05) is 30.5 Å². The second kappa shape index (κ2) is 8.74. The van der Waals surface area contributed by atoms with E-state index in [0.717, 1.165) is 5.02 Å². The monoisotopic (exact) mass is 218 g/mol. The zero-order valence-corrected chi connectivity index (χ0v) is 7.89. The molecule has 1 rings (SSSR count). The molecule has 0 amide bonds. The summed E-state index contributed by atoms with van der Waals surface area (Å²) in [6.07, 6.45) is 2.04. The Kier molecular flexibility index (Phi) is 12.9. The van der Waals surface area contributed by atoms with Crippen LogP contribution in [0.15, 0.2) is 29.2 Å². The van der Waals surface area contributed by atoms with Crippen LogP contribution in [0.4, 0.5) is 14.1 Å². The topological polar surface area (TPSA) is 0 Å². The van der Waals surface area contributed by atoms with Gasteiger partial charge in [-0.1, -0.05) is 11.6 Å². The second-order valence-electron chi connectivity index (χ2n) is 1.66. The van der Waals surface area contributed by atoms with Crippen LogP contribution in [0.2, 0.25) is 5.02 Å². The molecule has 0 unspecified atom stereocenters. The third-order valence-electron chi connectivity index (χ3n) is 1.05. The summed E-state index contributed by atoms with van der Waals surface area (Å²) in [5.74, 6) is 0. The van der Waals surface area contributed by atoms with Crippen molar-refractivity contribution in [3.05, 3.63) is 29.3 Å². The molecule has 12 heavy (non-hydrogen) atoms. The minimum atomic E-state index is 0. The maximum absolute atomic E-state index is 5.66. The highest BCUT2D eigenvalue weighted by Crippen LogP contribution is 2.16. The van der Waals surface area contributed by atoms with Gasteiger partial charge in [-0.2, -0.15) is 0 Å². The van der Waals surface area contributed by atoms with E-state index in [-0.39, 0.29) is 14.1 Å². The number of benzene rings is 1. The van der Waals surface area contributed by atoms with Gasteiger partial charge in [0.25, 0.3) is 0 Å². The standard InChI is InChI=1S/C7H7ClS.3FH/c1-9-7-4-2-6(8)3-5-7;;;/h2-5H,1H3;3*1H. The van der Waals surface area contributed by atoms with Crippen LogP contribution < -0.4 is 0 Å². The maximum atomic E-state index is 5.66. The summed E-state index contributed by atoms with van der Waals surface area (Å²) in [5.41, 5.74) is 0. The average Bonchev–Trinajstić information content (AvgIpc) is 1.90. The van der Waals surface area contributed by atoms with Crippen molar-refractivity contribution < 1.29 is 14.1 Å². The number of hydrogen-bond acceptors (Lipinski definition) is 1. The largest absolute Gasteiger partial charge is 0.269 e. The van der Waals surface area contributed by atoms with Crippen molar-refractivity contribution in [3.63, 3.8) is 0 Å². The number of rotatable bonds is 1. The van der Waals surface area contributed by atoms with E-state index in [1.54, 1.807) is 11.8 Å². The van der Waals surface area contributed by atoms with Crippen LogP contribution in [0.3, 0.4) is 0 Å². The van der Waals surface area contributed by atoms with Gasteiger partial charge in [0.2, 0.25) is 0 Å². The van der Waals surface area contributed by atoms with E-state index in [4.69, 9.17) is 11.6 Å². The summed E-state index contributed by atoms with van der Waals surface area (Å²) in [6.45, 7) is 0. The molecule has 1 aromatic carbocycles. The predicted molar refractivity (Wildman–Crippen MR) is 50.7 cm³/mol. The molecule has 0 N–H and O–H groups in total. The smallest absolute Gasteiger partial charge is 0.0406 e. The zero-order chi connectivity index (χ0) is 6.69. The molecule has 0 fully saturated rings. The summed E-state index contributed by atoms with van der Waals surface area (Å²) in [6, 6.07) is 7.81. The van der Waals surface area contributed by atoms with Crippen molar-refractivity contribution in [2.45, 2.75) is 4.90 Å². The SMILES string of the molecule is CSc1ccc(Cl)cc1.F.F.F. The summed E-state index contributed by atoms with van der Waals surface area (Å²) in [5, 5.41) is 0.799. The third-order valence-corrected chi connectivity index (χ3v) is 2.04. The molecule has 0 radical (unpaired) electrons. The van der Waals surface area contributed by atoms with Gasteiger partial charge in [0.1, 0.15) is 0 Å². The van der Waals surface area contributed by atoms with Gasteiger partial charge in [-0.05, 0) is 30.5 Å². The molecule has 0 saturated carbocycles. The molecule has 72 valence electrons. The van der Waals surface area contributed by atoms with Crippen molar-refractivity contribution >= 4 is 23.4 Å². The lowest BCUT2D eigenvalue weighted by atomic mass is 10.4. The zero-order valence-electron chi connectivity index (χ0n) is 6.32. The van der Waals surface area contributed by atoms with E-state index < -0.39 is 0 Å². The van der Waals surface area contributed by atoms with E-state index in [0.29, 0.717) is 0 Å². The molecular weight excluding hydrogens is 209 g/mol. The molecular formula is C7H10ClF3S. The molecule has 0 bridgehead atoms. The molecule has 0 aliphatic carbocycles. The van der Waals surface area contributed by atoms with Crippen LogP contribution in [0, 0.1) is 0 Å². The fourth-order valence-electron chi connectivity index (χ4n) is 0.571. The van der Waals surface area contributed by atoms with Crippen LogP contribution in [0.5, 0.6) is 0 Å². The van der Waals surface area contributed by atoms with E-state index in [9.17, 15) is 0 Å². The fraction of sp³-hybridized carbons (Fsp3) is 0.143. The lowest BCUT2D eigenvalue weighted by Crippen LogP contribution is -1.66. The van der Waals surface area contributed by atoms with E-state index in [2.05, 4.69) is 0 Å². The summed E-state index contributed by atoms with van der Waals surface area (Å²) in [4.78, 5) is 1.25. The van der Waals surface area contributed by atoms with Crippen LogP contribution in [0.1, 0.15) is 0 Å². The Morgan fingerprint density at radius 1 is 1.00 bits per heavy atom. The highest BCUT2D eigenvalue weighted by molar-refractivity contribution is 7.98. The van der Waals surface area contributed by atoms with Crippen molar-refractivity contribution in [2.75, 3.05) is 6.26 Å². The first-order valence-electron chi connectivity index (χ1n) is 2.62. The van der Waals surface area contributed by atoms with Crippen molar-refractivity contribution in [1.29, 1.82) is 0 Å². The minimum absolute atomic E-state index is 0. The van der Waals surface area contributed by atoms with Gasteiger partial charge >= 0.3 is 0 Å². The summed E-state index contributed by atoms with van der Waals surface area (Å²) >= 11 is 7.38. The molecule has 0 aliphatic rings. The highest BCUT2D eigenvalue weighted by atomic mass is 35.5. The number of halogens is 4. The quantitative estimate of drug-likeness (QED) is 0.650. The number of thioether (sulfide) groups is 1. The molecule has 0 nitrogen and oxygen atoms in total. The third kappa shape index (κ3) is 5.32. The van der Waals surface area contributed by atoms with E-state index >= 15 is 0 Å². The van der Waals surface area contributed by atoms with Crippen LogP contribution in [0.25, 0.3) is 0 Å². The van der Waals surface area contributed by atoms with E-state index in [1.165, 1.54) is 4.90 Å². The van der Waals surface area contributed by atoms with Crippen LogP contribution in [-0.4, -0.2) is 6.26 Å². The minimum Gasteiger partial charge on any atom is -0.269 e. The highest BCUT2D eigenvalue weighted by Gasteiger charge is 1.86. The Morgan fingerprint density at radius 3 is 1.75 bits per heavy atom. The predicted octanol–water partition coefficient (Wildman–Crippen LogP) is 3.52. The van der Waals surface area contributed by atoms with Crippen LogP contribution >= 0.6 is 23.4 Å². The Bertz CT molecular complexity index is 190. The molecule has 0 saturated heterocycles. The van der Waals surface area contributed by atoms with Gasteiger partial charge in [-0.3, -0.25) is 14.1 Å². The molecule has 0 atom stereocenters. The van der Waals surface area contributed by atoms with Crippen LogP contribution in [-0.2, 0) is 0 Å². The van der Waals surface area contributed by atoms with Gasteiger partial charge in [-0.25, -0.2) is 0 Å². The first-order valence-corrected chi connectivity index (χ1v) is 4.23. The first kappa shape index (κ1) is 17.7. The molecule has 0 aromatic heterocycles. The van der Waals surface area contributed by atoms with Gasteiger partial charge in [0, 0.05) is 9.92 Å². The summed E-state index contributed by atoms with van der Waals surface area (Å²) < 4.78 is 0. The Hall–Kier alpha value is -0.350. The molecule has 0 heterocycles. The van der Waals surface area contributed by atoms with Gasteiger partial charge in [-0.15, -0.1) is 11.8 Å². The normalized spacial score (nSPS) is 7.17. The average molecular weight is 219 g/mol. The first-order chi connectivity index (χ1) is 4.33. The molecule has 0 aliphatic heterocycles. The van der Waals surface area contributed by atoms with Crippen molar-refractivity contribution in [3.8, 4) is 0 Å². The molecule has 5 heteroatoms. The lowest BCUT2D eigenvalue weighted by Gasteiger charge is -1.92. The van der Waals surface area contributed by atoms with Crippen molar-refractivity contribution in [1.82, 2.24) is 0 Å². The number of hydrogen-bond donors (Lipinski definition) is 0. The van der Waals surface area contributed by atoms with Gasteiger partial charge < -0.3 is 0 Å². The molecule has 1 aromatic rings. The molecule has 0 spiro atoms.